The summed E-state index contributed by atoms with van der Waals surface area (Å²) in [7, 11) is -2.21. The van der Waals surface area contributed by atoms with Crippen molar-refractivity contribution in [3.8, 4) is 0 Å². The van der Waals surface area contributed by atoms with Crippen molar-refractivity contribution in [2.45, 2.75) is 83.0 Å². The van der Waals surface area contributed by atoms with Crippen LogP contribution in [0.5, 0.6) is 0 Å². The van der Waals surface area contributed by atoms with Gasteiger partial charge in [0.2, 0.25) is 4.73 Å². The van der Waals surface area contributed by atoms with Crippen LogP contribution in [0.1, 0.15) is 76.3 Å². The Hall–Kier alpha value is -1.20. The molecule has 1 aliphatic heterocycles. The lowest BCUT2D eigenvalue weighted by molar-refractivity contribution is -0.0466. The van der Waals surface area contributed by atoms with Crippen LogP contribution in [0.4, 0.5) is 4.39 Å². The van der Waals surface area contributed by atoms with Crippen LogP contribution in [0.2, 0.25) is 18.1 Å². The Morgan fingerprint density at radius 3 is 2.71 bits per heavy atom. The van der Waals surface area contributed by atoms with Gasteiger partial charge >= 0.3 is 0 Å². The minimum Gasteiger partial charge on any atom is -0.410 e. The summed E-state index contributed by atoms with van der Waals surface area (Å²) >= 11 is 3.32. The molecule has 0 amide bonds. The van der Waals surface area contributed by atoms with Gasteiger partial charge in [0, 0.05) is 24.8 Å². The molecule has 0 saturated carbocycles. The van der Waals surface area contributed by atoms with Crippen LogP contribution in [0.3, 0.4) is 0 Å². The summed E-state index contributed by atoms with van der Waals surface area (Å²) in [6.45, 7) is 11.4. The van der Waals surface area contributed by atoms with Gasteiger partial charge in [-0.3, -0.25) is 4.98 Å². The fraction of sp³-hybridized carbons (Fsp3) is 0.667. The number of nitrogens with zero attached hydrogens (tertiary/aromatic N) is 4. The van der Waals surface area contributed by atoms with Crippen LogP contribution in [-0.4, -0.2) is 39.8 Å². The SMILES string of the molecule is CC(C)(C)[Si](C)(C)OC(CC(O)c1nc(Br)nn1C1CCCCO1)c1cncc(F)c1. The molecule has 1 fully saturated rings. The molecular weight excluding hydrogens is 483 g/mol. The maximum absolute atomic E-state index is 13.9. The van der Waals surface area contributed by atoms with Crippen LogP contribution in [0.15, 0.2) is 23.2 Å². The standard InChI is InChI=1S/C21H32BrFN4O3Si/c1-21(2,3)31(4,5)30-17(14-10-15(23)13-24-12-14)11-16(28)19-25-20(22)26-27(19)18-8-6-7-9-29-18/h10,12-13,16-18,28H,6-9,11H2,1-5H3. The van der Waals surface area contributed by atoms with E-state index in [1.165, 1.54) is 6.07 Å². The molecule has 7 nitrogen and oxygen atoms in total. The molecule has 1 aliphatic rings. The van der Waals surface area contributed by atoms with Crippen molar-refractivity contribution in [2.24, 2.45) is 0 Å². The maximum atomic E-state index is 13.9. The number of hydrogen-bond donors (Lipinski definition) is 1. The van der Waals surface area contributed by atoms with Gasteiger partial charge < -0.3 is 14.3 Å². The quantitative estimate of drug-likeness (QED) is 0.493. The molecule has 3 rings (SSSR count). The van der Waals surface area contributed by atoms with Gasteiger partial charge in [-0.15, -0.1) is 5.10 Å². The molecule has 3 unspecified atom stereocenters. The van der Waals surface area contributed by atoms with E-state index in [0.717, 1.165) is 25.5 Å². The van der Waals surface area contributed by atoms with Crippen LogP contribution < -0.4 is 0 Å². The molecule has 0 bridgehead atoms. The number of halogens is 2. The van der Waals surface area contributed by atoms with Gasteiger partial charge in [0.25, 0.3) is 0 Å². The number of aliphatic hydroxyl groups excluding tert-OH is 1. The lowest BCUT2D eigenvalue weighted by Gasteiger charge is -2.39. The predicted octanol–water partition coefficient (Wildman–Crippen LogP) is 5.46. The van der Waals surface area contributed by atoms with Crippen molar-refractivity contribution < 1.29 is 18.7 Å². The highest BCUT2D eigenvalue weighted by molar-refractivity contribution is 9.10. The average molecular weight is 516 g/mol. The number of hydrogen-bond acceptors (Lipinski definition) is 6. The second kappa shape index (κ2) is 9.74. The summed E-state index contributed by atoms with van der Waals surface area (Å²) in [5.74, 6) is -0.0238. The van der Waals surface area contributed by atoms with Crippen molar-refractivity contribution in [3.63, 3.8) is 0 Å². The maximum Gasteiger partial charge on any atom is 0.217 e. The van der Waals surface area contributed by atoms with E-state index in [1.807, 2.05) is 0 Å². The minimum absolute atomic E-state index is 0.0457. The van der Waals surface area contributed by atoms with Gasteiger partial charge in [-0.25, -0.2) is 14.1 Å². The van der Waals surface area contributed by atoms with Crippen molar-refractivity contribution in [2.75, 3.05) is 6.61 Å². The lowest BCUT2D eigenvalue weighted by atomic mass is 10.0. The Bertz CT molecular complexity index is 884. The minimum atomic E-state index is -2.21. The molecule has 10 heteroatoms. The van der Waals surface area contributed by atoms with Gasteiger partial charge in [0.15, 0.2) is 20.4 Å². The number of pyridine rings is 1. The first kappa shape index (κ1) is 24.4. The Morgan fingerprint density at radius 1 is 1.35 bits per heavy atom. The second-order valence-corrected chi connectivity index (χ2v) is 15.0. The smallest absolute Gasteiger partial charge is 0.217 e. The van der Waals surface area contributed by atoms with Gasteiger partial charge in [0.05, 0.1) is 12.3 Å². The summed E-state index contributed by atoms with van der Waals surface area (Å²) in [4.78, 5) is 8.39. The fourth-order valence-electron chi connectivity index (χ4n) is 3.36. The molecule has 0 spiro atoms. The zero-order chi connectivity index (χ0) is 22.8. The molecule has 2 aromatic heterocycles. The molecule has 3 atom stereocenters. The zero-order valence-corrected chi connectivity index (χ0v) is 21.4. The fourth-order valence-corrected chi connectivity index (χ4v) is 5.01. The van der Waals surface area contributed by atoms with Crippen LogP contribution in [0.25, 0.3) is 0 Å². The van der Waals surface area contributed by atoms with E-state index in [1.54, 1.807) is 10.9 Å². The Kier molecular flexibility index (Phi) is 7.68. The van der Waals surface area contributed by atoms with Crippen molar-refractivity contribution >= 4 is 24.2 Å². The van der Waals surface area contributed by atoms with Crippen LogP contribution >= 0.6 is 15.9 Å². The molecule has 2 aromatic rings. The summed E-state index contributed by atoms with van der Waals surface area (Å²) in [6.07, 6.45) is 4.06. The first-order valence-electron chi connectivity index (χ1n) is 10.7. The third-order valence-electron chi connectivity index (χ3n) is 6.14. The van der Waals surface area contributed by atoms with Gasteiger partial charge in [-0.1, -0.05) is 20.8 Å². The molecule has 0 aliphatic carbocycles. The highest BCUT2D eigenvalue weighted by Crippen LogP contribution is 2.42. The van der Waals surface area contributed by atoms with E-state index in [4.69, 9.17) is 9.16 Å². The first-order chi connectivity index (χ1) is 14.5. The number of rotatable bonds is 7. The first-order valence-corrected chi connectivity index (χ1v) is 14.4. The molecule has 1 saturated heterocycles. The average Bonchev–Trinajstić information content (AvgIpc) is 3.09. The van der Waals surface area contributed by atoms with Gasteiger partial charge in [0.1, 0.15) is 11.9 Å². The second-order valence-electron chi connectivity index (χ2n) is 9.56. The third-order valence-corrected chi connectivity index (χ3v) is 11.0. The third kappa shape index (κ3) is 5.98. The van der Waals surface area contributed by atoms with E-state index in [-0.39, 0.29) is 17.7 Å². The van der Waals surface area contributed by atoms with Crippen LogP contribution in [0, 0.1) is 5.82 Å². The lowest BCUT2D eigenvalue weighted by Crippen LogP contribution is -2.42. The molecule has 3 heterocycles. The molecule has 172 valence electrons. The normalized spacial score (nSPS) is 19.9. The largest absolute Gasteiger partial charge is 0.410 e. The Labute approximate surface area is 192 Å². The van der Waals surface area contributed by atoms with E-state index in [0.29, 0.717) is 22.7 Å². The summed E-state index contributed by atoms with van der Waals surface area (Å²) < 4.78 is 28.4. The number of ether oxygens (including phenoxy) is 1. The predicted molar refractivity (Wildman–Crippen MR) is 121 cm³/mol. The zero-order valence-electron chi connectivity index (χ0n) is 18.8. The van der Waals surface area contributed by atoms with E-state index >= 15 is 0 Å². The number of aromatic nitrogens is 4. The van der Waals surface area contributed by atoms with Crippen LogP contribution in [-0.2, 0) is 9.16 Å². The monoisotopic (exact) mass is 514 g/mol. The molecule has 31 heavy (non-hydrogen) atoms. The highest BCUT2D eigenvalue weighted by atomic mass is 79.9. The molecule has 0 radical (unpaired) electrons. The molecular formula is C21H32BrFN4O3Si. The molecule has 0 aromatic carbocycles. The van der Waals surface area contributed by atoms with Crippen molar-refractivity contribution in [1.82, 2.24) is 19.7 Å². The van der Waals surface area contributed by atoms with Crippen molar-refractivity contribution in [1.29, 1.82) is 0 Å². The van der Waals surface area contributed by atoms with E-state index in [9.17, 15) is 9.50 Å². The number of aliphatic hydroxyl groups is 1. The van der Waals surface area contributed by atoms with E-state index in [2.05, 4.69) is 64.9 Å². The Balaban J connectivity index is 1.89. The summed E-state index contributed by atoms with van der Waals surface area (Å²) in [5, 5.41) is 15.5. The molecule has 1 N–H and O–H groups in total. The van der Waals surface area contributed by atoms with Crippen molar-refractivity contribution in [3.05, 3.63) is 40.4 Å². The highest BCUT2D eigenvalue weighted by Gasteiger charge is 2.40. The topological polar surface area (TPSA) is 82.3 Å². The Morgan fingerprint density at radius 2 is 2.10 bits per heavy atom. The summed E-state index contributed by atoms with van der Waals surface area (Å²) in [5.41, 5.74) is 0.600. The van der Waals surface area contributed by atoms with Gasteiger partial charge in [-0.2, -0.15) is 0 Å². The van der Waals surface area contributed by atoms with Gasteiger partial charge in [-0.05, 0) is 59.4 Å². The summed E-state index contributed by atoms with van der Waals surface area (Å²) in [6, 6.07) is 1.42. The van der Waals surface area contributed by atoms with E-state index < -0.39 is 26.3 Å².